The molecule has 0 aliphatic carbocycles. The monoisotopic (exact) mass is 271 g/mol. The average molecular weight is 271 g/mol. The average Bonchev–Trinajstić information content (AvgIpc) is 2.39. The van der Waals surface area contributed by atoms with Crippen LogP contribution in [-0.2, 0) is 6.18 Å². The molecule has 0 amide bonds. The molecule has 0 aromatic heterocycles. The molecule has 0 spiro atoms. The number of hydrogen-bond donors (Lipinski definition) is 1. The Morgan fingerprint density at radius 3 is 2.79 bits per heavy atom. The van der Waals surface area contributed by atoms with Crippen LogP contribution in [0.2, 0.25) is 0 Å². The first-order valence-corrected chi connectivity index (χ1v) is 6.90. The Morgan fingerprint density at radius 1 is 1.32 bits per heavy atom. The molecule has 106 valence electrons. The van der Waals surface area contributed by atoms with Gasteiger partial charge < -0.3 is 5.32 Å². The van der Waals surface area contributed by atoms with Gasteiger partial charge in [-0.15, -0.1) is 0 Å². The van der Waals surface area contributed by atoms with Crippen molar-refractivity contribution in [3.05, 3.63) is 35.4 Å². The van der Waals surface area contributed by atoms with Crippen molar-refractivity contribution in [1.29, 1.82) is 0 Å². The third-order valence-corrected chi connectivity index (χ3v) is 3.91. The smallest absolute Gasteiger partial charge is 0.316 e. The maximum atomic E-state index is 12.8. The summed E-state index contributed by atoms with van der Waals surface area (Å²) in [5.74, 6) is 0.700. The van der Waals surface area contributed by atoms with Crippen LogP contribution in [0, 0.1) is 5.92 Å². The van der Waals surface area contributed by atoms with Crippen molar-refractivity contribution < 1.29 is 13.2 Å². The first-order chi connectivity index (χ1) is 9.02. The summed E-state index contributed by atoms with van der Waals surface area (Å²) in [6.07, 6.45) is -1.19. The second kappa shape index (κ2) is 5.95. The van der Waals surface area contributed by atoms with Crippen LogP contribution in [0.3, 0.4) is 0 Å². The number of alkyl halides is 3. The summed E-state index contributed by atoms with van der Waals surface area (Å²) in [5.41, 5.74) is 0.313. The highest BCUT2D eigenvalue weighted by Crippen LogP contribution is 2.36. The van der Waals surface area contributed by atoms with Crippen LogP contribution in [-0.4, -0.2) is 13.1 Å². The minimum absolute atomic E-state index is 0.253. The van der Waals surface area contributed by atoms with Crippen LogP contribution >= 0.6 is 0 Å². The van der Waals surface area contributed by atoms with Gasteiger partial charge in [-0.05, 0) is 49.4 Å². The Bertz CT molecular complexity index is 412. The van der Waals surface area contributed by atoms with Crippen molar-refractivity contribution in [2.24, 2.45) is 5.92 Å². The van der Waals surface area contributed by atoms with E-state index in [1.54, 1.807) is 0 Å². The van der Waals surface area contributed by atoms with E-state index in [0.29, 0.717) is 5.92 Å². The topological polar surface area (TPSA) is 12.0 Å². The zero-order chi connectivity index (χ0) is 13.9. The molecule has 19 heavy (non-hydrogen) atoms. The lowest BCUT2D eigenvalue weighted by Gasteiger charge is -2.32. The van der Waals surface area contributed by atoms with E-state index >= 15 is 0 Å². The molecule has 1 aliphatic rings. The zero-order valence-electron chi connectivity index (χ0n) is 11.1. The molecule has 2 unspecified atom stereocenters. The molecule has 1 heterocycles. The molecule has 2 rings (SSSR count). The predicted molar refractivity (Wildman–Crippen MR) is 70.1 cm³/mol. The third-order valence-electron chi connectivity index (χ3n) is 3.91. The molecule has 0 bridgehead atoms. The standard InChI is InChI=1S/C15H20F3N/c1-2-4-12-10-19-8-7-14(12)11-5-3-6-13(9-11)15(16,17)18/h3,5-6,9,12,14,19H,2,4,7-8,10H2,1H3. The van der Waals surface area contributed by atoms with E-state index in [-0.39, 0.29) is 5.92 Å². The first kappa shape index (κ1) is 14.4. The van der Waals surface area contributed by atoms with Crippen molar-refractivity contribution in [2.45, 2.75) is 38.3 Å². The first-order valence-electron chi connectivity index (χ1n) is 6.90. The Morgan fingerprint density at radius 2 is 2.11 bits per heavy atom. The van der Waals surface area contributed by atoms with Gasteiger partial charge in [-0.1, -0.05) is 31.5 Å². The highest BCUT2D eigenvalue weighted by Gasteiger charge is 2.32. The number of halogens is 3. The Balaban J connectivity index is 2.24. The fraction of sp³-hybridized carbons (Fsp3) is 0.600. The van der Waals surface area contributed by atoms with Gasteiger partial charge in [0.05, 0.1) is 5.56 Å². The summed E-state index contributed by atoms with van der Waals surface area (Å²) in [7, 11) is 0. The molecule has 1 nitrogen and oxygen atoms in total. The van der Waals surface area contributed by atoms with E-state index in [1.165, 1.54) is 12.1 Å². The Kier molecular flexibility index (Phi) is 4.50. The maximum absolute atomic E-state index is 12.8. The Hall–Kier alpha value is -1.03. The molecular formula is C15H20F3N. The summed E-state index contributed by atoms with van der Waals surface area (Å²) in [4.78, 5) is 0. The van der Waals surface area contributed by atoms with Gasteiger partial charge in [0.1, 0.15) is 0 Å². The lowest BCUT2D eigenvalue weighted by Crippen LogP contribution is -2.35. The fourth-order valence-electron chi connectivity index (χ4n) is 2.98. The predicted octanol–water partition coefficient (Wildman–Crippen LogP) is 4.20. The van der Waals surface area contributed by atoms with E-state index in [9.17, 15) is 13.2 Å². The quantitative estimate of drug-likeness (QED) is 0.868. The van der Waals surface area contributed by atoms with Crippen LogP contribution < -0.4 is 5.32 Å². The van der Waals surface area contributed by atoms with Crippen LogP contribution in [0.4, 0.5) is 13.2 Å². The highest BCUT2D eigenvalue weighted by atomic mass is 19.4. The van der Waals surface area contributed by atoms with Gasteiger partial charge in [0.2, 0.25) is 0 Å². The van der Waals surface area contributed by atoms with Gasteiger partial charge in [-0.3, -0.25) is 0 Å². The second-order valence-corrected chi connectivity index (χ2v) is 5.27. The van der Waals surface area contributed by atoms with E-state index in [1.807, 2.05) is 6.07 Å². The summed E-state index contributed by atoms with van der Waals surface area (Å²) >= 11 is 0. The van der Waals surface area contributed by atoms with Gasteiger partial charge in [-0.25, -0.2) is 0 Å². The summed E-state index contributed by atoms with van der Waals surface area (Å²) < 4.78 is 38.3. The summed E-state index contributed by atoms with van der Waals surface area (Å²) in [6, 6.07) is 5.86. The molecule has 1 aromatic carbocycles. The normalized spacial score (nSPS) is 24.4. The zero-order valence-corrected chi connectivity index (χ0v) is 11.1. The lowest BCUT2D eigenvalue weighted by molar-refractivity contribution is -0.137. The largest absolute Gasteiger partial charge is 0.416 e. The van der Waals surface area contributed by atoms with Crippen molar-refractivity contribution >= 4 is 0 Å². The summed E-state index contributed by atoms with van der Waals surface area (Å²) in [6.45, 7) is 3.92. The summed E-state index contributed by atoms with van der Waals surface area (Å²) in [5, 5.41) is 3.34. The van der Waals surface area contributed by atoms with Crippen molar-refractivity contribution in [1.82, 2.24) is 5.32 Å². The molecule has 2 atom stereocenters. The molecule has 1 aliphatic heterocycles. The number of hydrogen-bond acceptors (Lipinski definition) is 1. The molecule has 4 heteroatoms. The van der Waals surface area contributed by atoms with Gasteiger partial charge in [0.15, 0.2) is 0 Å². The van der Waals surface area contributed by atoms with Crippen LogP contribution in [0.25, 0.3) is 0 Å². The second-order valence-electron chi connectivity index (χ2n) is 5.27. The van der Waals surface area contributed by atoms with Crippen molar-refractivity contribution in [2.75, 3.05) is 13.1 Å². The minimum atomic E-state index is -4.25. The number of rotatable bonds is 3. The van der Waals surface area contributed by atoms with E-state index in [4.69, 9.17) is 0 Å². The van der Waals surface area contributed by atoms with E-state index < -0.39 is 11.7 Å². The number of benzene rings is 1. The van der Waals surface area contributed by atoms with Crippen LogP contribution in [0.15, 0.2) is 24.3 Å². The van der Waals surface area contributed by atoms with Crippen molar-refractivity contribution in [3.63, 3.8) is 0 Å². The van der Waals surface area contributed by atoms with E-state index in [0.717, 1.165) is 44.0 Å². The molecule has 1 N–H and O–H groups in total. The van der Waals surface area contributed by atoms with Gasteiger partial charge >= 0.3 is 6.18 Å². The lowest BCUT2D eigenvalue weighted by atomic mass is 9.78. The van der Waals surface area contributed by atoms with Gasteiger partial charge in [-0.2, -0.15) is 13.2 Å². The van der Waals surface area contributed by atoms with E-state index in [2.05, 4.69) is 12.2 Å². The Labute approximate surface area is 112 Å². The minimum Gasteiger partial charge on any atom is -0.316 e. The van der Waals surface area contributed by atoms with Gasteiger partial charge in [0, 0.05) is 0 Å². The SMILES string of the molecule is CCCC1CNCCC1c1cccc(C(F)(F)F)c1. The number of nitrogens with one attached hydrogen (secondary N) is 1. The maximum Gasteiger partial charge on any atom is 0.416 e. The van der Waals surface area contributed by atoms with Crippen LogP contribution in [0.1, 0.15) is 43.2 Å². The molecule has 1 aromatic rings. The van der Waals surface area contributed by atoms with Crippen LogP contribution in [0.5, 0.6) is 0 Å². The molecule has 1 fully saturated rings. The number of piperidine rings is 1. The molecule has 1 saturated heterocycles. The van der Waals surface area contributed by atoms with Crippen molar-refractivity contribution in [3.8, 4) is 0 Å². The fourth-order valence-corrected chi connectivity index (χ4v) is 2.98. The highest BCUT2D eigenvalue weighted by molar-refractivity contribution is 5.29. The third kappa shape index (κ3) is 3.50. The molecule has 0 radical (unpaired) electrons. The van der Waals surface area contributed by atoms with Gasteiger partial charge in [0.25, 0.3) is 0 Å². The molecule has 0 saturated carbocycles. The molecular weight excluding hydrogens is 251 g/mol.